The first kappa shape index (κ1) is 23.7. The Balaban J connectivity index is 1.16. The molecule has 0 atom stereocenters. The molecule has 8 aromatic carbocycles. The van der Waals surface area contributed by atoms with Crippen molar-refractivity contribution in [3.8, 4) is 33.6 Å². The van der Waals surface area contributed by atoms with E-state index < -0.39 is 0 Å². The van der Waals surface area contributed by atoms with E-state index >= 15 is 0 Å². The van der Waals surface area contributed by atoms with Crippen molar-refractivity contribution in [1.29, 1.82) is 0 Å². The van der Waals surface area contributed by atoms with Gasteiger partial charge in [0.25, 0.3) is 0 Å². The molecule has 0 radical (unpaired) electrons. The SMILES string of the molecule is c1ccc(-c2cc3cc(-c4ccc5ccc6c(-c7ccc8c(c7)oc7ccccc78)ccc7ccc4c5c76)ccc3o2)cc1. The van der Waals surface area contributed by atoms with Crippen LogP contribution in [0, 0.1) is 0 Å². The van der Waals surface area contributed by atoms with Crippen molar-refractivity contribution in [2.75, 3.05) is 0 Å². The Morgan fingerprint density at radius 1 is 0.318 bits per heavy atom. The van der Waals surface area contributed by atoms with Crippen LogP contribution in [0.5, 0.6) is 0 Å². The molecule has 0 spiro atoms. The van der Waals surface area contributed by atoms with Crippen LogP contribution in [0.1, 0.15) is 0 Å². The zero-order chi connectivity index (χ0) is 28.8. The average molecular weight is 561 g/mol. The van der Waals surface area contributed by atoms with Gasteiger partial charge < -0.3 is 8.83 Å². The van der Waals surface area contributed by atoms with Gasteiger partial charge in [0, 0.05) is 21.7 Å². The van der Waals surface area contributed by atoms with Crippen LogP contribution < -0.4 is 0 Å². The fraction of sp³-hybridized carbons (Fsp3) is 0. The predicted octanol–water partition coefficient (Wildman–Crippen LogP) is 12.2. The first-order valence-corrected chi connectivity index (χ1v) is 15.0. The van der Waals surface area contributed by atoms with Gasteiger partial charge in [0.2, 0.25) is 0 Å². The third-order valence-corrected chi connectivity index (χ3v) is 9.24. The topological polar surface area (TPSA) is 26.3 Å². The van der Waals surface area contributed by atoms with E-state index in [-0.39, 0.29) is 0 Å². The Bertz CT molecular complexity index is 2710. The summed E-state index contributed by atoms with van der Waals surface area (Å²) in [6.07, 6.45) is 0. The molecule has 2 heterocycles. The summed E-state index contributed by atoms with van der Waals surface area (Å²) in [4.78, 5) is 0. The van der Waals surface area contributed by atoms with Crippen molar-refractivity contribution >= 4 is 65.2 Å². The quantitative estimate of drug-likeness (QED) is 0.201. The van der Waals surface area contributed by atoms with Crippen molar-refractivity contribution in [3.63, 3.8) is 0 Å². The van der Waals surface area contributed by atoms with E-state index in [0.717, 1.165) is 49.8 Å². The maximum Gasteiger partial charge on any atom is 0.136 e. The van der Waals surface area contributed by atoms with Crippen LogP contribution in [0.25, 0.3) is 98.8 Å². The summed E-state index contributed by atoms with van der Waals surface area (Å²) in [6.45, 7) is 0. The van der Waals surface area contributed by atoms with Gasteiger partial charge in [-0.1, -0.05) is 109 Å². The normalized spacial score (nSPS) is 12.1. The molecule has 10 rings (SSSR count). The maximum absolute atomic E-state index is 6.25. The Kier molecular flexibility index (Phi) is 4.75. The van der Waals surface area contributed by atoms with E-state index in [4.69, 9.17) is 8.83 Å². The van der Waals surface area contributed by atoms with Crippen molar-refractivity contribution in [2.45, 2.75) is 0 Å². The van der Waals surface area contributed by atoms with Gasteiger partial charge >= 0.3 is 0 Å². The smallest absolute Gasteiger partial charge is 0.136 e. The molecule has 204 valence electrons. The summed E-state index contributed by atoms with van der Waals surface area (Å²) >= 11 is 0. The number of rotatable bonds is 3. The molecule has 0 aliphatic rings. The minimum Gasteiger partial charge on any atom is -0.456 e. The molecule has 0 saturated carbocycles. The number of furan rings is 2. The highest BCUT2D eigenvalue weighted by Crippen LogP contribution is 2.43. The Morgan fingerprint density at radius 2 is 0.932 bits per heavy atom. The van der Waals surface area contributed by atoms with Gasteiger partial charge in [0.15, 0.2) is 0 Å². The van der Waals surface area contributed by atoms with Crippen LogP contribution in [0.3, 0.4) is 0 Å². The van der Waals surface area contributed by atoms with Gasteiger partial charge in [-0.25, -0.2) is 0 Å². The van der Waals surface area contributed by atoms with Gasteiger partial charge in [-0.3, -0.25) is 0 Å². The van der Waals surface area contributed by atoms with Gasteiger partial charge in [-0.15, -0.1) is 0 Å². The highest BCUT2D eigenvalue weighted by Gasteiger charge is 2.17. The molecule has 0 fully saturated rings. The van der Waals surface area contributed by atoms with Crippen molar-refractivity contribution < 1.29 is 8.83 Å². The number of hydrogen-bond acceptors (Lipinski definition) is 2. The summed E-state index contributed by atoms with van der Waals surface area (Å²) in [5, 5.41) is 11.0. The molecule has 0 aliphatic carbocycles. The van der Waals surface area contributed by atoms with Crippen LogP contribution in [0.15, 0.2) is 154 Å². The summed E-state index contributed by atoms with van der Waals surface area (Å²) < 4.78 is 12.5. The lowest BCUT2D eigenvalue weighted by molar-refractivity contribution is 0.631. The second-order valence-corrected chi connectivity index (χ2v) is 11.7. The van der Waals surface area contributed by atoms with E-state index in [0.29, 0.717) is 0 Å². The van der Waals surface area contributed by atoms with Crippen molar-refractivity contribution in [1.82, 2.24) is 0 Å². The molecule has 10 aromatic rings. The monoisotopic (exact) mass is 560 g/mol. The third-order valence-electron chi connectivity index (χ3n) is 9.24. The molecule has 2 aromatic heterocycles. The molecule has 0 bridgehead atoms. The van der Waals surface area contributed by atoms with Crippen molar-refractivity contribution in [3.05, 3.63) is 146 Å². The fourth-order valence-electron chi connectivity index (χ4n) is 7.15. The molecule has 0 unspecified atom stereocenters. The molecule has 44 heavy (non-hydrogen) atoms. The molecule has 0 N–H and O–H groups in total. The molecular weight excluding hydrogens is 536 g/mol. The van der Waals surface area contributed by atoms with E-state index in [1.54, 1.807) is 0 Å². The molecule has 0 aliphatic heterocycles. The minimum absolute atomic E-state index is 0.890. The van der Waals surface area contributed by atoms with Crippen LogP contribution in [-0.4, -0.2) is 0 Å². The van der Waals surface area contributed by atoms with Gasteiger partial charge in [0.1, 0.15) is 22.5 Å². The standard InChI is InChI=1S/C42H24O2/c1-2-6-25(7-3-1)39-24-30-22-28(15-21-37(30)43-39)31-16-10-26-13-20-36-32(17-11-27-12-19-35(31)41(26)42(27)36)29-14-18-34-33-8-4-5-9-38(33)44-40(34)23-29/h1-24H. The lowest BCUT2D eigenvalue weighted by Gasteiger charge is -2.16. The van der Waals surface area contributed by atoms with Crippen molar-refractivity contribution in [2.24, 2.45) is 0 Å². The highest BCUT2D eigenvalue weighted by molar-refractivity contribution is 6.27. The first-order chi connectivity index (χ1) is 21.8. The number of para-hydroxylation sites is 1. The largest absolute Gasteiger partial charge is 0.456 e. The maximum atomic E-state index is 6.25. The van der Waals surface area contributed by atoms with Gasteiger partial charge in [0.05, 0.1) is 0 Å². The lowest BCUT2D eigenvalue weighted by Crippen LogP contribution is -1.89. The average Bonchev–Trinajstić information content (AvgIpc) is 3.68. The highest BCUT2D eigenvalue weighted by atomic mass is 16.3. The number of hydrogen-bond donors (Lipinski definition) is 0. The molecule has 0 amide bonds. The lowest BCUT2D eigenvalue weighted by atomic mass is 9.87. The Morgan fingerprint density at radius 3 is 1.70 bits per heavy atom. The Hall–Kier alpha value is -5.86. The third kappa shape index (κ3) is 3.37. The molecule has 2 heteroatoms. The van der Waals surface area contributed by atoms with Crippen LogP contribution in [0.4, 0.5) is 0 Å². The van der Waals surface area contributed by atoms with Crippen LogP contribution in [0.2, 0.25) is 0 Å². The fourth-order valence-corrected chi connectivity index (χ4v) is 7.15. The summed E-state index contributed by atoms with van der Waals surface area (Å²) in [5.41, 5.74) is 8.62. The summed E-state index contributed by atoms with van der Waals surface area (Å²) in [6, 6.07) is 52.0. The zero-order valence-electron chi connectivity index (χ0n) is 23.7. The number of fused-ring (bicyclic) bond motifs is 4. The zero-order valence-corrected chi connectivity index (χ0v) is 23.7. The van der Waals surface area contributed by atoms with Gasteiger partial charge in [-0.05, 0) is 91.0 Å². The van der Waals surface area contributed by atoms with E-state index in [1.807, 2.05) is 30.3 Å². The predicted molar refractivity (Wildman–Crippen MR) is 184 cm³/mol. The molecular formula is C42H24O2. The Labute approximate surface area is 252 Å². The van der Waals surface area contributed by atoms with E-state index in [1.165, 1.54) is 49.0 Å². The second-order valence-electron chi connectivity index (χ2n) is 11.7. The minimum atomic E-state index is 0.890. The van der Waals surface area contributed by atoms with Gasteiger partial charge in [-0.2, -0.15) is 0 Å². The summed E-state index contributed by atoms with van der Waals surface area (Å²) in [7, 11) is 0. The van der Waals surface area contributed by atoms with E-state index in [9.17, 15) is 0 Å². The second kappa shape index (κ2) is 8.82. The molecule has 2 nitrogen and oxygen atoms in total. The molecule has 0 saturated heterocycles. The number of benzene rings is 8. The summed E-state index contributed by atoms with van der Waals surface area (Å²) in [5.74, 6) is 0.890. The van der Waals surface area contributed by atoms with Crippen LogP contribution >= 0.6 is 0 Å². The first-order valence-electron chi connectivity index (χ1n) is 15.0. The van der Waals surface area contributed by atoms with Crippen LogP contribution in [-0.2, 0) is 0 Å². The van der Waals surface area contributed by atoms with E-state index in [2.05, 4.69) is 115 Å².